The van der Waals surface area contributed by atoms with E-state index in [4.69, 9.17) is 14.6 Å². The Morgan fingerprint density at radius 2 is 2.06 bits per heavy atom. The van der Waals surface area contributed by atoms with E-state index in [0.29, 0.717) is 17.9 Å². The first-order chi connectivity index (χ1) is 7.58. The van der Waals surface area contributed by atoms with Gasteiger partial charge in [-0.15, -0.1) is 0 Å². The molecule has 0 unspecified atom stereocenters. The molecular weight excluding hydrogens is 208 g/mol. The fourth-order valence-corrected chi connectivity index (χ4v) is 1.46. The Labute approximate surface area is 94.8 Å². The molecule has 0 aliphatic heterocycles. The zero-order valence-electron chi connectivity index (χ0n) is 9.69. The van der Waals surface area contributed by atoms with Crippen LogP contribution < -0.4 is 9.47 Å². The molecule has 1 N–H and O–H groups in total. The molecule has 0 saturated heterocycles. The van der Waals surface area contributed by atoms with Crippen molar-refractivity contribution in [3.63, 3.8) is 0 Å². The highest BCUT2D eigenvalue weighted by molar-refractivity contribution is 5.70. The van der Waals surface area contributed by atoms with Crippen molar-refractivity contribution in [2.45, 2.75) is 13.3 Å². The molecule has 0 saturated carbocycles. The van der Waals surface area contributed by atoms with Gasteiger partial charge in [-0.3, -0.25) is 4.79 Å². The van der Waals surface area contributed by atoms with Crippen LogP contribution in [0.1, 0.15) is 12.5 Å². The largest absolute Gasteiger partial charge is 0.497 e. The molecule has 0 bridgehead atoms. The molecule has 16 heavy (non-hydrogen) atoms. The minimum Gasteiger partial charge on any atom is -0.497 e. The lowest BCUT2D eigenvalue weighted by atomic mass is 10.0. The number of benzene rings is 1. The molecule has 0 amide bonds. The van der Waals surface area contributed by atoms with Crippen LogP contribution in [0.3, 0.4) is 0 Å². The van der Waals surface area contributed by atoms with Gasteiger partial charge < -0.3 is 14.6 Å². The molecule has 1 atom stereocenters. The summed E-state index contributed by atoms with van der Waals surface area (Å²) in [6, 6.07) is 5.37. The number of methoxy groups -OCH3 is 2. The van der Waals surface area contributed by atoms with Gasteiger partial charge in [-0.05, 0) is 30.2 Å². The van der Waals surface area contributed by atoms with Gasteiger partial charge in [0.2, 0.25) is 0 Å². The van der Waals surface area contributed by atoms with Crippen LogP contribution in [0.15, 0.2) is 18.2 Å². The molecule has 0 fully saturated rings. The monoisotopic (exact) mass is 224 g/mol. The summed E-state index contributed by atoms with van der Waals surface area (Å²) in [4.78, 5) is 10.8. The van der Waals surface area contributed by atoms with Crippen LogP contribution in [-0.2, 0) is 11.2 Å². The molecule has 0 aliphatic rings. The maximum Gasteiger partial charge on any atom is 0.306 e. The van der Waals surface area contributed by atoms with E-state index in [1.54, 1.807) is 39.3 Å². The topological polar surface area (TPSA) is 55.8 Å². The van der Waals surface area contributed by atoms with Gasteiger partial charge in [-0.25, -0.2) is 0 Å². The van der Waals surface area contributed by atoms with Crippen molar-refractivity contribution in [3.05, 3.63) is 23.8 Å². The maximum absolute atomic E-state index is 10.8. The van der Waals surface area contributed by atoms with Crippen molar-refractivity contribution in [3.8, 4) is 11.5 Å². The van der Waals surface area contributed by atoms with Crippen molar-refractivity contribution < 1.29 is 19.4 Å². The number of hydrogen-bond acceptors (Lipinski definition) is 3. The first-order valence-corrected chi connectivity index (χ1v) is 5.02. The third-order valence-electron chi connectivity index (χ3n) is 2.44. The third-order valence-corrected chi connectivity index (χ3v) is 2.44. The normalized spacial score (nSPS) is 11.9. The molecule has 0 aromatic heterocycles. The molecule has 1 rings (SSSR count). The Balaban J connectivity index is 2.95. The number of hydrogen-bond donors (Lipinski definition) is 1. The third kappa shape index (κ3) is 2.89. The van der Waals surface area contributed by atoms with Crippen molar-refractivity contribution >= 4 is 5.97 Å². The zero-order valence-corrected chi connectivity index (χ0v) is 9.69. The smallest absolute Gasteiger partial charge is 0.306 e. The van der Waals surface area contributed by atoms with Gasteiger partial charge in [0.25, 0.3) is 0 Å². The van der Waals surface area contributed by atoms with E-state index in [1.165, 1.54) is 0 Å². The van der Waals surface area contributed by atoms with Gasteiger partial charge in [-0.2, -0.15) is 0 Å². The van der Waals surface area contributed by atoms with E-state index >= 15 is 0 Å². The van der Waals surface area contributed by atoms with Gasteiger partial charge in [0, 0.05) is 0 Å². The van der Waals surface area contributed by atoms with E-state index < -0.39 is 11.9 Å². The van der Waals surface area contributed by atoms with Crippen LogP contribution in [0.2, 0.25) is 0 Å². The van der Waals surface area contributed by atoms with E-state index in [1.807, 2.05) is 0 Å². The Hall–Kier alpha value is -1.71. The van der Waals surface area contributed by atoms with E-state index in [9.17, 15) is 4.79 Å². The molecule has 0 radical (unpaired) electrons. The Morgan fingerprint density at radius 3 is 2.56 bits per heavy atom. The fourth-order valence-electron chi connectivity index (χ4n) is 1.46. The summed E-state index contributed by atoms with van der Waals surface area (Å²) >= 11 is 0. The van der Waals surface area contributed by atoms with Gasteiger partial charge >= 0.3 is 5.97 Å². The van der Waals surface area contributed by atoms with Crippen molar-refractivity contribution in [2.75, 3.05) is 14.2 Å². The summed E-state index contributed by atoms with van der Waals surface area (Å²) in [5.74, 6) is 0.133. The highest BCUT2D eigenvalue weighted by Gasteiger charge is 2.15. The summed E-state index contributed by atoms with van der Waals surface area (Å²) in [6.07, 6.45) is 0.426. The molecular formula is C12H16O4. The van der Waals surface area contributed by atoms with Gasteiger partial charge in [0.05, 0.1) is 20.1 Å². The first kappa shape index (κ1) is 12.4. The number of carbonyl (C=O) groups is 1. The maximum atomic E-state index is 10.8. The molecule has 0 aliphatic carbocycles. The fraction of sp³-hybridized carbons (Fsp3) is 0.417. The lowest BCUT2D eigenvalue weighted by Crippen LogP contribution is -2.12. The average Bonchev–Trinajstić information content (AvgIpc) is 2.28. The predicted octanol–water partition coefficient (Wildman–Crippen LogP) is 1.97. The van der Waals surface area contributed by atoms with E-state index in [0.717, 1.165) is 5.56 Å². The molecule has 0 heterocycles. The van der Waals surface area contributed by atoms with Crippen LogP contribution in [0.5, 0.6) is 11.5 Å². The van der Waals surface area contributed by atoms with Crippen molar-refractivity contribution in [1.29, 1.82) is 0 Å². The number of aliphatic carboxylic acids is 1. The van der Waals surface area contributed by atoms with Gasteiger partial charge in [0.15, 0.2) is 0 Å². The second-order valence-electron chi connectivity index (χ2n) is 3.62. The highest BCUT2D eigenvalue weighted by atomic mass is 16.5. The molecule has 1 aromatic carbocycles. The van der Waals surface area contributed by atoms with Crippen molar-refractivity contribution in [2.24, 2.45) is 5.92 Å². The second kappa shape index (κ2) is 5.39. The Bertz CT molecular complexity index is 373. The van der Waals surface area contributed by atoms with Gasteiger partial charge in [0.1, 0.15) is 11.5 Å². The van der Waals surface area contributed by atoms with Crippen LogP contribution in [-0.4, -0.2) is 25.3 Å². The first-order valence-electron chi connectivity index (χ1n) is 5.02. The SMILES string of the molecule is COc1ccc(OC)c(C[C@H](C)C(=O)O)c1. The molecule has 0 spiro atoms. The standard InChI is InChI=1S/C12H16O4/c1-8(12(13)14)6-9-7-10(15-2)4-5-11(9)16-3/h4-5,7-8H,6H2,1-3H3,(H,13,14)/t8-/m0/s1. The lowest BCUT2D eigenvalue weighted by molar-refractivity contribution is -0.141. The summed E-state index contributed by atoms with van der Waals surface area (Å²) < 4.78 is 10.3. The van der Waals surface area contributed by atoms with Crippen LogP contribution in [0.4, 0.5) is 0 Å². The predicted molar refractivity (Wildman–Crippen MR) is 60.0 cm³/mol. The van der Waals surface area contributed by atoms with E-state index in [-0.39, 0.29) is 0 Å². The number of carboxylic acids is 1. The molecule has 4 heteroatoms. The van der Waals surface area contributed by atoms with Crippen LogP contribution in [0.25, 0.3) is 0 Å². The molecule has 88 valence electrons. The molecule has 4 nitrogen and oxygen atoms in total. The number of rotatable bonds is 5. The second-order valence-corrected chi connectivity index (χ2v) is 3.62. The molecule has 1 aromatic rings. The van der Waals surface area contributed by atoms with Crippen molar-refractivity contribution in [1.82, 2.24) is 0 Å². The summed E-state index contributed by atoms with van der Waals surface area (Å²) in [5.41, 5.74) is 0.844. The van der Waals surface area contributed by atoms with Crippen LogP contribution >= 0.6 is 0 Å². The Morgan fingerprint density at radius 1 is 1.38 bits per heavy atom. The highest BCUT2D eigenvalue weighted by Crippen LogP contribution is 2.26. The minimum atomic E-state index is -0.815. The van der Waals surface area contributed by atoms with Gasteiger partial charge in [-0.1, -0.05) is 6.92 Å². The van der Waals surface area contributed by atoms with Crippen LogP contribution in [0, 0.1) is 5.92 Å². The van der Waals surface area contributed by atoms with E-state index in [2.05, 4.69) is 0 Å². The average molecular weight is 224 g/mol. The zero-order chi connectivity index (χ0) is 12.1. The summed E-state index contributed by atoms with van der Waals surface area (Å²) in [6.45, 7) is 1.67. The quantitative estimate of drug-likeness (QED) is 0.830. The number of ether oxygens (including phenoxy) is 2. The summed E-state index contributed by atoms with van der Waals surface area (Å²) in [5, 5.41) is 8.86. The number of carboxylic acid groups (broad SMARTS) is 1. The minimum absolute atomic E-state index is 0.426. The summed E-state index contributed by atoms with van der Waals surface area (Å²) in [7, 11) is 3.14. The lowest BCUT2D eigenvalue weighted by Gasteiger charge is -2.12. The Kier molecular flexibility index (Phi) is 4.17.